The summed E-state index contributed by atoms with van der Waals surface area (Å²) in [7, 11) is 0. The molecule has 0 spiro atoms. The first-order chi connectivity index (χ1) is 6.58. The summed E-state index contributed by atoms with van der Waals surface area (Å²) in [4.78, 5) is 13.7. The van der Waals surface area contributed by atoms with Crippen LogP contribution < -0.4 is 0 Å². The molecule has 0 aromatic heterocycles. The molecular weight excluding hydrogens is 178 g/mol. The van der Waals surface area contributed by atoms with Crippen molar-refractivity contribution >= 4 is 5.91 Å². The van der Waals surface area contributed by atoms with Crippen molar-refractivity contribution < 1.29 is 9.90 Å². The van der Waals surface area contributed by atoms with E-state index in [0.717, 1.165) is 0 Å². The monoisotopic (exact) mass is 195 g/mol. The third-order valence-corrected chi connectivity index (χ3v) is 4.07. The van der Waals surface area contributed by atoms with Gasteiger partial charge in [0.05, 0.1) is 18.7 Å². The summed E-state index contributed by atoms with van der Waals surface area (Å²) in [5.74, 6) is 2.05. The van der Waals surface area contributed by atoms with Gasteiger partial charge in [0.15, 0.2) is 0 Å². The number of β-amino-alcohol motifs (C(OH)–C–C–N with tert-alkyl or cyclic N) is 1. The van der Waals surface area contributed by atoms with E-state index in [9.17, 15) is 9.90 Å². The van der Waals surface area contributed by atoms with Gasteiger partial charge >= 0.3 is 0 Å². The van der Waals surface area contributed by atoms with Gasteiger partial charge in [-0.2, -0.15) is 0 Å². The Balaban J connectivity index is 1.58. The van der Waals surface area contributed by atoms with Gasteiger partial charge in [0, 0.05) is 5.92 Å². The quantitative estimate of drug-likeness (QED) is 0.666. The van der Waals surface area contributed by atoms with E-state index >= 15 is 0 Å². The molecule has 0 aromatic carbocycles. The van der Waals surface area contributed by atoms with Crippen molar-refractivity contribution in [3.05, 3.63) is 0 Å². The second kappa shape index (κ2) is 2.51. The third-order valence-electron chi connectivity index (χ3n) is 4.07. The number of hydrogen-bond acceptors (Lipinski definition) is 2. The molecule has 2 atom stereocenters. The van der Waals surface area contributed by atoms with Crippen molar-refractivity contribution in [1.29, 1.82) is 0 Å². The zero-order chi connectivity index (χ0) is 9.92. The van der Waals surface area contributed by atoms with E-state index in [1.807, 2.05) is 4.90 Å². The lowest BCUT2D eigenvalue weighted by molar-refractivity contribution is -0.154. The van der Waals surface area contributed by atoms with Gasteiger partial charge in [-0.1, -0.05) is 6.42 Å². The van der Waals surface area contributed by atoms with Gasteiger partial charge in [-0.25, -0.2) is 0 Å². The number of carbonyl (C=O) groups excluding carboxylic acids is 1. The molecule has 2 unspecified atom stereocenters. The summed E-state index contributed by atoms with van der Waals surface area (Å²) in [5.41, 5.74) is -0.611. The van der Waals surface area contributed by atoms with E-state index in [2.05, 4.69) is 0 Å². The minimum Gasteiger partial charge on any atom is -0.386 e. The minimum atomic E-state index is -0.611. The van der Waals surface area contributed by atoms with Crippen molar-refractivity contribution in [3.63, 3.8) is 0 Å². The van der Waals surface area contributed by atoms with Crippen molar-refractivity contribution in [2.24, 2.45) is 17.8 Å². The lowest BCUT2D eigenvalue weighted by Crippen LogP contribution is -2.62. The molecule has 14 heavy (non-hydrogen) atoms. The maximum Gasteiger partial charge on any atom is 0.226 e. The van der Waals surface area contributed by atoms with Gasteiger partial charge in [0.25, 0.3) is 0 Å². The zero-order valence-corrected chi connectivity index (χ0v) is 8.57. The van der Waals surface area contributed by atoms with E-state index in [4.69, 9.17) is 0 Å². The Labute approximate surface area is 84.1 Å². The molecule has 2 aliphatic carbocycles. The highest BCUT2D eigenvalue weighted by Gasteiger charge is 2.59. The molecule has 1 saturated heterocycles. The summed E-state index contributed by atoms with van der Waals surface area (Å²) in [6.45, 7) is 2.88. The van der Waals surface area contributed by atoms with Crippen LogP contribution in [0.3, 0.4) is 0 Å². The van der Waals surface area contributed by atoms with Crippen LogP contribution in [0.5, 0.6) is 0 Å². The highest BCUT2D eigenvalue weighted by molar-refractivity contribution is 5.83. The molecule has 2 saturated carbocycles. The first-order valence-electron chi connectivity index (χ1n) is 5.60. The Hall–Kier alpha value is -0.570. The number of hydrogen-bond donors (Lipinski definition) is 1. The van der Waals surface area contributed by atoms with Crippen LogP contribution in [0.4, 0.5) is 0 Å². The normalized spacial score (nSPS) is 43.0. The molecule has 1 aliphatic heterocycles. The van der Waals surface area contributed by atoms with Gasteiger partial charge < -0.3 is 10.0 Å². The number of fused-ring (bicyclic) bond motifs is 1. The molecule has 0 radical (unpaired) electrons. The number of carbonyl (C=O) groups is 1. The number of amides is 1. The third kappa shape index (κ3) is 1.11. The molecule has 3 rings (SSSR count). The second-order valence-electron chi connectivity index (χ2n) is 5.48. The Morgan fingerprint density at radius 1 is 1.36 bits per heavy atom. The maximum absolute atomic E-state index is 11.9. The largest absolute Gasteiger partial charge is 0.386 e. The van der Waals surface area contributed by atoms with E-state index < -0.39 is 5.60 Å². The standard InChI is InChI=1S/C11H17NO2/c1-11(14)5-12(6-11)10(13)9-7-3-2-4-8(7)9/h7-9,14H,2-6H2,1H3. The predicted molar refractivity (Wildman–Crippen MR) is 51.5 cm³/mol. The second-order valence-corrected chi connectivity index (χ2v) is 5.48. The van der Waals surface area contributed by atoms with Gasteiger partial charge in [0.1, 0.15) is 0 Å². The van der Waals surface area contributed by atoms with E-state index in [-0.39, 0.29) is 0 Å². The van der Waals surface area contributed by atoms with Crippen LogP contribution in [0.1, 0.15) is 26.2 Å². The summed E-state index contributed by atoms with van der Waals surface area (Å²) in [6.07, 6.45) is 3.83. The van der Waals surface area contributed by atoms with Crippen LogP contribution in [0.15, 0.2) is 0 Å². The lowest BCUT2D eigenvalue weighted by Gasteiger charge is -2.44. The summed E-state index contributed by atoms with van der Waals surface area (Å²) >= 11 is 0. The summed E-state index contributed by atoms with van der Waals surface area (Å²) < 4.78 is 0. The molecule has 1 N–H and O–H groups in total. The SMILES string of the molecule is CC1(O)CN(C(=O)C2C3CCCC32)C1. The van der Waals surface area contributed by atoms with Crippen molar-refractivity contribution in [3.8, 4) is 0 Å². The summed E-state index contributed by atoms with van der Waals surface area (Å²) in [5, 5.41) is 9.54. The van der Waals surface area contributed by atoms with E-state index in [0.29, 0.717) is 36.8 Å². The average Bonchev–Trinajstić information content (AvgIpc) is 2.54. The van der Waals surface area contributed by atoms with Gasteiger partial charge in [-0.15, -0.1) is 0 Å². The number of likely N-dealkylation sites (tertiary alicyclic amines) is 1. The molecule has 0 aromatic rings. The van der Waals surface area contributed by atoms with Crippen molar-refractivity contribution in [1.82, 2.24) is 4.90 Å². The highest BCUT2D eigenvalue weighted by atomic mass is 16.3. The van der Waals surface area contributed by atoms with Gasteiger partial charge in [0.2, 0.25) is 5.91 Å². The predicted octanol–water partition coefficient (Wildman–Crippen LogP) is 0.626. The Morgan fingerprint density at radius 3 is 2.43 bits per heavy atom. The Kier molecular flexibility index (Phi) is 1.56. The molecule has 1 heterocycles. The first-order valence-corrected chi connectivity index (χ1v) is 5.60. The van der Waals surface area contributed by atoms with Crippen LogP contribution in [-0.4, -0.2) is 34.6 Å². The van der Waals surface area contributed by atoms with Crippen LogP contribution in [0, 0.1) is 17.8 Å². The Morgan fingerprint density at radius 2 is 1.93 bits per heavy atom. The molecule has 3 fully saturated rings. The van der Waals surface area contributed by atoms with Crippen LogP contribution in [0.2, 0.25) is 0 Å². The van der Waals surface area contributed by atoms with Gasteiger partial charge in [-0.3, -0.25) is 4.79 Å². The topological polar surface area (TPSA) is 40.5 Å². The molecular formula is C11H17NO2. The molecule has 1 amide bonds. The van der Waals surface area contributed by atoms with Crippen molar-refractivity contribution in [2.45, 2.75) is 31.8 Å². The molecule has 3 aliphatic rings. The molecule has 0 bridgehead atoms. The summed E-state index contributed by atoms with van der Waals surface area (Å²) in [6, 6.07) is 0. The van der Waals surface area contributed by atoms with Crippen LogP contribution >= 0.6 is 0 Å². The lowest BCUT2D eigenvalue weighted by atomic mass is 9.95. The average molecular weight is 195 g/mol. The smallest absolute Gasteiger partial charge is 0.226 e. The number of aliphatic hydroxyl groups is 1. The van der Waals surface area contributed by atoms with E-state index in [1.54, 1.807) is 6.92 Å². The van der Waals surface area contributed by atoms with E-state index in [1.165, 1.54) is 19.3 Å². The minimum absolute atomic E-state index is 0.311. The fourth-order valence-electron chi connectivity index (χ4n) is 3.33. The van der Waals surface area contributed by atoms with Gasteiger partial charge in [-0.05, 0) is 31.6 Å². The maximum atomic E-state index is 11.9. The highest BCUT2D eigenvalue weighted by Crippen LogP contribution is 2.58. The first kappa shape index (κ1) is 8.72. The van der Waals surface area contributed by atoms with Crippen molar-refractivity contribution in [2.75, 3.05) is 13.1 Å². The number of nitrogens with zero attached hydrogens (tertiary/aromatic N) is 1. The zero-order valence-electron chi connectivity index (χ0n) is 8.57. The molecule has 3 nitrogen and oxygen atoms in total. The van der Waals surface area contributed by atoms with Crippen LogP contribution in [0.25, 0.3) is 0 Å². The Bertz CT molecular complexity index is 269. The van der Waals surface area contributed by atoms with Crippen LogP contribution in [-0.2, 0) is 4.79 Å². The number of rotatable bonds is 1. The fourth-order valence-corrected chi connectivity index (χ4v) is 3.33. The molecule has 78 valence electrons. The molecule has 3 heteroatoms. The fraction of sp³-hybridized carbons (Fsp3) is 0.909.